The van der Waals surface area contributed by atoms with Crippen LogP contribution in [0.2, 0.25) is 5.02 Å². The van der Waals surface area contributed by atoms with Gasteiger partial charge in [-0.1, -0.05) is 41.9 Å². The van der Waals surface area contributed by atoms with Crippen molar-refractivity contribution in [3.63, 3.8) is 0 Å². The van der Waals surface area contributed by atoms with E-state index in [0.29, 0.717) is 29.2 Å². The molecule has 0 aromatic heterocycles. The monoisotopic (exact) mass is 499 g/mol. The normalized spacial score (nSPS) is 29.2. The number of rotatable bonds is 7. The number of para-hydroxylation sites is 2. The van der Waals surface area contributed by atoms with Crippen LogP contribution in [0.4, 0.5) is 11.4 Å². The molecule has 0 radical (unpaired) electrons. The van der Waals surface area contributed by atoms with Gasteiger partial charge < -0.3 is 20.6 Å². The molecule has 3 N–H and O–H groups in total. The van der Waals surface area contributed by atoms with Crippen LogP contribution in [0.1, 0.15) is 19.3 Å². The smallest absolute Gasteiger partial charge is 0.248 e. The SMILES string of the molecule is O=C(Nc1ccccc1Cl)C1N(CCCO)C(=O)[C@@H]2[C@@H](C(=O)Nc3ccccc3)[C@H]3CCC12S3. The van der Waals surface area contributed by atoms with E-state index >= 15 is 0 Å². The Balaban J connectivity index is 1.46. The Labute approximate surface area is 207 Å². The Morgan fingerprint density at radius 1 is 1.09 bits per heavy atom. The Bertz CT molecular complexity index is 1120. The number of likely N-dealkylation sites (tertiary alicyclic amines) is 1. The number of carbonyl (C=O) groups excluding carboxylic acids is 3. The van der Waals surface area contributed by atoms with Crippen LogP contribution in [0.25, 0.3) is 0 Å². The van der Waals surface area contributed by atoms with Gasteiger partial charge in [0.15, 0.2) is 0 Å². The molecule has 2 bridgehead atoms. The average Bonchev–Trinajstić information content (AvgIpc) is 3.47. The summed E-state index contributed by atoms with van der Waals surface area (Å²) >= 11 is 7.88. The number of anilines is 2. The molecule has 3 heterocycles. The lowest BCUT2D eigenvalue weighted by atomic mass is 9.70. The molecule has 0 aliphatic carbocycles. The van der Waals surface area contributed by atoms with Gasteiger partial charge in [0.25, 0.3) is 0 Å². The zero-order valence-corrected chi connectivity index (χ0v) is 20.0. The van der Waals surface area contributed by atoms with Crippen LogP contribution in [-0.2, 0) is 14.4 Å². The van der Waals surface area contributed by atoms with Crippen molar-refractivity contribution in [2.75, 3.05) is 23.8 Å². The van der Waals surface area contributed by atoms with Crippen molar-refractivity contribution in [1.29, 1.82) is 0 Å². The third-order valence-electron chi connectivity index (χ3n) is 7.08. The molecular weight excluding hydrogens is 474 g/mol. The first kappa shape index (κ1) is 23.2. The minimum absolute atomic E-state index is 0.0201. The Hall–Kier alpha value is -2.55. The maximum atomic E-state index is 13.7. The van der Waals surface area contributed by atoms with Crippen molar-refractivity contribution in [2.45, 2.75) is 35.3 Å². The number of halogens is 1. The number of aliphatic hydroxyl groups excluding tert-OH is 1. The number of hydrogen-bond acceptors (Lipinski definition) is 5. The first-order chi connectivity index (χ1) is 16.5. The molecule has 1 spiro atoms. The standard InChI is InChI=1S/C25H26ClN3O4S/c26-16-9-4-5-10-17(16)28-23(32)21-25-12-11-18(34-25)19(20(25)24(33)29(21)13-6-14-30)22(31)27-15-7-2-1-3-8-15/h1-5,7-10,18-21,30H,6,11-14H2,(H,27,31)(H,28,32)/t18-,19+,20+,21?,25?/m1/s1. The highest BCUT2D eigenvalue weighted by molar-refractivity contribution is 8.02. The predicted octanol–water partition coefficient (Wildman–Crippen LogP) is 3.39. The highest BCUT2D eigenvalue weighted by Gasteiger charge is 2.73. The summed E-state index contributed by atoms with van der Waals surface area (Å²) in [6, 6.07) is 15.4. The fourth-order valence-corrected chi connectivity index (χ4v) is 8.15. The van der Waals surface area contributed by atoms with Crippen LogP contribution >= 0.6 is 23.4 Å². The summed E-state index contributed by atoms with van der Waals surface area (Å²) in [6.07, 6.45) is 1.81. The zero-order chi connectivity index (χ0) is 23.9. The molecule has 0 saturated carbocycles. The van der Waals surface area contributed by atoms with Crippen molar-refractivity contribution in [1.82, 2.24) is 4.90 Å². The lowest BCUT2D eigenvalue weighted by Crippen LogP contribution is -2.51. The number of nitrogens with zero attached hydrogens (tertiary/aromatic N) is 1. The molecule has 178 valence electrons. The summed E-state index contributed by atoms with van der Waals surface area (Å²) in [6.45, 7) is 0.167. The molecule has 3 aliphatic heterocycles. The van der Waals surface area contributed by atoms with Gasteiger partial charge in [-0.3, -0.25) is 14.4 Å². The van der Waals surface area contributed by atoms with Gasteiger partial charge in [-0.2, -0.15) is 0 Å². The van der Waals surface area contributed by atoms with Crippen LogP contribution in [0.5, 0.6) is 0 Å². The first-order valence-electron chi connectivity index (χ1n) is 11.5. The van der Waals surface area contributed by atoms with E-state index in [1.807, 2.05) is 30.3 Å². The number of carbonyl (C=O) groups is 3. The number of amides is 3. The maximum Gasteiger partial charge on any atom is 0.248 e. The molecule has 3 amide bonds. The second-order valence-corrected chi connectivity index (χ2v) is 11.0. The lowest BCUT2D eigenvalue weighted by molar-refractivity contribution is -0.138. The minimum atomic E-state index is -0.739. The maximum absolute atomic E-state index is 13.7. The number of fused-ring (bicyclic) bond motifs is 1. The third kappa shape index (κ3) is 3.78. The molecule has 5 rings (SSSR count). The predicted molar refractivity (Wildman–Crippen MR) is 133 cm³/mol. The van der Waals surface area contributed by atoms with E-state index in [4.69, 9.17) is 11.6 Å². The summed E-state index contributed by atoms with van der Waals surface area (Å²) in [7, 11) is 0. The van der Waals surface area contributed by atoms with Gasteiger partial charge in [-0.05, 0) is 43.5 Å². The Kier molecular flexibility index (Phi) is 6.31. The summed E-state index contributed by atoms with van der Waals surface area (Å²) in [5.41, 5.74) is 1.17. The number of nitrogens with one attached hydrogen (secondary N) is 2. The van der Waals surface area contributed by atoms with Crippen molar-refractivity contribution in [2.24, 2.45) is 11.8 Å². The molecule has 3 fully saturated rings. The molecular formula is C25H26ClN3O4S. The van der Waals surface area contributed by atoms with Gasteiger partial charge in [0.1, 0.15) is 6.04 Å². The second-order valence-electron chi connectivity index (χ2n) is 8.99. The second kappa shape index (κ2) is 9.24. The van der Waals surface area contributed by atoms with E-state index in [1.165, 1.54) is 0 Å². The van der Waals surface area contributed by atoms with E-state index in [0.717, 1.165) is 6.42 Å². The molecule has 2 aromatic carbocycles. The third-order valence-corrected chi connectivity index (χ3v) is 9.36. The van der Waals surface area contributed by atoms with E-state index in [9.17, 15) is 19.5 Å². The summed E-state index contributed by atoms with van der Waals surface area (Å²) in [5, 5.41) is 15.7. The van der Waals surface area contributed by atoms with Crippen LogP contribution < -0.4 is 10.6 Å². The zero-order valence-electron chi connectivity index (χ0n) is 18.4. The quantitative estimate of drug-likeness (QED) is 0.542. The number of benzene rings is 2. The molecule has 9 heteroatoms. The largest absolute Gasteiger partial charge is 0.396 e. The van der Waals surface area contributed by atoms with E-state index in [1.54, 1.807) is 40.9 Å². The number of aliphatic hydroxyl groups is 1. The summed E-state index contributed by atoms with van der Waals surface area (Å²) < 4.78 is -0.679. The van der Waals surface area contributed by atoms with Crippen molar-refractivity contribution in [3.05, 3.63) is 59.6 Å². The molecule has 5 atom stereocenters. The van der Waals surface area contributed by atoms with Crippen LogP contribution in [0.3, 0.4) is 0 Å². The van der Waals surface area contributed by atoms with Crippen LogP contribution in [0.15, 0.2) is 54.6 Å². The molecule has 3 saturated heterocycles. The van der Waals surface area contributed by atoms with E-state index in [2.05, 4.69) is 10.6 Å². The highest BCUT2D eigenvalue weighted by atomic mass is 35.5. The Morgan fingerprint density at radius 2 is 1.82 bits per heavy atom. The van der Waals surface area contributed by atoms with Crippen molar-refractivity contribution in [3.8, 4) is 0 Å². The Morgan fingerprint density at radius 3 is 2.56 bits per heavy atom. The van der Waals surface area contributed by atoms with Gasteiger partial charge in [0.05, 0.1) is 27.3 Å². The van der Waals surface area contributed by atoms with Crippen molar-refractivity contribution < 1.29 is 19.5 Å². The molecule has 2 unspecified atom stereocenters. The van der Waals surface area contributed by atoms with Crippen LogP contribution in [0, 0.1) is 11.8 Å². The van der Waals surface area contributed by atoms with E-state index in [-0.39, 0.29) is 36.1 Å². The topological polar surface area (TPSA) is 98.7 Å². The fraction of sp³-hybridized carbons (Fsp3) is 0.400. The van der Waals surface area contributed by atoms with Gasteiger partial charge >= 0.3 is 0 Å². The summed E-state index contributed by atoms with van der Waals surface area (Å²) in [5.74, 6) is -1.77. The molecule has 34 heavy (non-hydrogen) atoms. The van der Waals surface area contributed by atoms with E-state index < -0.39 is 22.6 Å². The molecule has 2 aromatic rings. The molecule has 7 nitrogen and oxygen atoms in total. The summed E-state index contributed by atoms with van der Waals surface area (Å²) in [4.78, 5) is 42.3. The van der Waals surface area contributed by atoms with Crippen molar-refractivity contribution >= 4 is 52.5 Å². The molecule has 3 aliphatic rings. The average molecular weight is 500 g/mol. The minimum Gasteiger partial charge on any atom is -0.396 e. The van der Waals surface area contributed by atoms with Gasteiger partial charge in [0.2, 0.25) is 17.7 Å². The number of hydrogen-bond donors (Lipinski definition) is 3. The van der Waals surface area contributed by atoms with Gasteiger partial charge in [-0.15, -0.1) is 11.8 Å². The van der Waals surface area contributed by atoms with Gasteiger partial charge in [0, 0.05) is 24.1 Å². The first-order valence-corrected chi connectivity index (χ1v) is 12.7. The highest BCUT2D eigenvalue weighted by Crippen LogP contribution is 2.66. The van der Waals surface area contributed by atoms with Crippen LogP contribution in [-0.4, -0.2) is 56.9 Å². The fourth-order valence-electron chi connectivity index (χ4n) is 5.75. The lowest BCUT2D eigenvalue weighted by Gasteiger charge is -2.34. The van der Waals surface area contributed by atoms with Gasteiger partial charge in [-0.25, -0.2) is 0 Å². The number of thioether (sulfide) groups is 1.